The molecule has 0 fully saturated rings. The Labute approximate surface area is 147 Å². The van der Waals surface area contributed by atoms with E-state index >= 15 is 0 Å². The monoisotopic (exact) mass is 338 g/mol. The molecule has 2 N–H and O–H groups in total. The highest BCUT2D eigenvalue weighted by atomic mass is 35.5. The summed E-state index contributed by atoms with van der Waals surface area (Å²) < 4.78 is 5.85. The summed E-state index contributed by atoms with van der Waals surface area (Å²) in [6.45, 7) is 1.15. The molecule has 0 aromatic heterocycles. The van der Waals surface area contributed by atoms with Gasteiger partial charge in [0, 0.05) is 22.8 Å². The minimum absolute atomic E-state index is 0.457. The van der Waals surface area contributed by atoms with E-state index in [-0.39, 0.29) is 0 Å². The molecule has 0 amide bonds. The van der Waals surface area contributed by atoms with Crippen molar-refractivity contribution < 1.29 is 4.74 Å². The molecule has 0 aliphatic heterocycles. The fraction of sp³-hybridized carbons (Fsp3) is 0.100. The molecule has 0 aliphatic carbocycles. The lowest BCUT2D eigenvalue weighted by atomic mass is 10.2. The van der Waals surface area contributed by atoms with Gasteiger partial charge in [0.1, 0.15) is 12.4 Å². The van der Waals surface area contributed by atoms with Gasteiger partial charge in [-0.15, -0.1) is 0 Å². The molecule has 0 radical (unpaired) electrons. The molecule has 0 aliphatic rings. The predicted octanol–water partition coefficient (Wildman–Crippen LogP) is 5.04. The molecule has 24 heavy (non-hydrogen) atoms. The van der Waals surface area contributed by atoms with Crippen molar-refractivity contribution in [3.63, 3.8) is 0 Å². The lowest BCUT2D eigenvalue weighted by Crippen LogP contribution is -2.20. The summed E-state index contributed by atoms with van der Waals surface area (Å²) in [5.74, 6) is 0.828. The smallest absolute Gasteiger partial charge is 0.120 e. The van der Waals surface area contributed by atoms with Gasteiger partial charge in [-0.25, -0.2) is 5.43 Å². The summed E-state index contributed by atoms with van der Waals surface area (Å²) in [7, 11) is 0. The second-order valence-electron chi connectivity index (χ2n) is 5.37. The molecule has 3 aromatic carbocycles. The van der Waals surface area contributed by atoms with Crippen molar-refractivity contribution in [1.29, 1.82) is 0 Å². The van der Waals surface area contributed by atoms with E-state index in [1.54, 1.807) is 0 Å². The Morgan fingerprint density at radius 1 is 0.833 bits per heavy atom. The summed E-state index contributed by atoms with van der Waals surface area (Å²) >= 11 is 6.15. The van der Waals surface area contributed by atoms with Crippen molar-refractivity contribution in [3.05, 3.63) is 95.0 Å². The highest BCUT2D eigenvalue weighted by molar-refractivity contribution is 6.31. The van der Waals surface area contributed by atoms with Crippen LogP contribution in [0, 0.1) is 0 Å². The van der Waals surface area contributed by atoms with Crippen LogP contribution in [0.4, 0.5) is 5.69 Å². The van der Waals surface area contributed by atoms with Crippen LogP contribution in [-0.2, 0) is 13.2 Å². The normalized spacial score (nSPS) is 10.4. The van der Waals surface area contributed by atoms with Crippen LogP contribution in [-0.4, -0.2) is 0 Å². The van der Waals surface area contributed by atoms with Gasteiger partial charge in [0.25, 0.3) is 0 Å². The van der Waals surface area contributed by atoms with Gasteiger partial charge in [-0.05, 0) is 35.9 Å². The van der Waals surface area contributed by atoms with Gasteiger partial charge in [-0.3, -0.25) is 0 Å². The largest absolute Gasteiger partial charge is 0.489 e. The average Bonchev–Trinajstić information content (AvgIpc) is 2.62. The van der Waals surface area contributed by atoms with E-state index in [1.165, 1.54) is 0 Å². The van der Waals surface area contributed by atoms with E-state index in [2.05, 4.69) is 16.9 Å². The molecule has 3 aromatic rings. The molecular formula is C20H19ClN2O. The van der Waals surface area contributed by atoms with Crippen molar-refractivity contribution in [2.75, 3.05) is 5.43 Å². The van der Waals surface area contributed by atoms with Gasteiger partial charge in [0.05, 0.1) is 0 Å². The number of para-hydroxylation sites is 1. The maximum Gasteiger partial charge on any atom is 0.120 e. The second-order valence-corrected chi connectivity index (χ2v) is 5.78. The number of rotatable bonds is 7. The quantitative estimate of drug-likeness (QED) is 0.592. The fourth-order valence-corrected chi connectivity index (χ4v) is 2.48. The number of ether oxygens (including phenoxy) is 1. The maximum absolute atomic E-state index is 6.15. The maximum atomic E-state index is 6.15. The molecule has 0 spiro atoms. The Balaban J connectivity index is 1.53. The highest BCUT2D eigenvalue weighted by Crippen LogP contribution is 2.19. The molecule has 0 saturated carbocycles. The van der Waals surface area contributed by atoms with Crippen molar-refractivity contribution >= 4 is 17.3 Å². The van der Waals surface area contributed by atoms with Crippen LogP contribution in [0.15, 0.2) is 78.9 Å². The van der Waals surface area contributed by atoms with Gasteiger partial charge in [-0.1, -0.05) is 60.1 Å². The van der Waals surface area contributed by atoms with Crippen LogP contribution in [0.3, 0.4) is 0 Å². The first-order chi connectivity index (χ1) is 11.8. The number of benzene rings is 3. The van der Waals surface area contributed by atoms with E-state index < -0.39 is 0 Å². The lowest BCUT2D eigenvalue weighted by molar-refractivity contribution is 0.306. The molecule has 0 bridgehead atoms. The summed E-state index contributed by atoms with van der Waals surface area (Å²) in [5.41, 5.74) is 9.52. The van der Waals surface area contributed by atoms with Gasteiger partial charge in [-0.2, -0.15) is 0 Å². The van der Waals surface area contributed by atoms with Crippen molar-refractivity contribution in [1.82, 2.24) is 5.43 Å². The number of anilines is 1. The first-order valence-corrected chi connectivity index (χ1v) is 8.18. The van der Waals surface area contributed by atoms with Gasteiger partial charge in [0.15, 0.2) is 0 Å². The van der Waals surface area contributed by atoms with Crippen LogP contribution >= 0.6 is 11.6 Å². The minimum atomic E-state index is 0.457. The number of hydrogen-bond acceptors (Lipinski definition) is 3. The van der Waals surface area contributed by atoms with E-state index in [0.29, 0.717) is 13.2 Å². The number of nitrogens with one attached hydrogen (secondary N) is 2. The van der Waals surface area contributed by atoms with Crippen molar-refractivity contribution in [2.45, 2.75) is 13.2 Å². The highest BCUT2D eigenvalue weighted by Gasteiger charge is 2.01. The van der Waals surface area contributed by atoms with Gasteiger partial charge in [0.2, 0.25) is 0 Å². The molecule has 4 heteroatoms. The number of halogens is 1. The predicted molar refractivity (Wildman–Crippen MR) is 99.1 cm³/mol. The Morgan fingerprint density at radius 2 is 1.62 bits per heavy atom. The van der Waals surface area contributed by atoms with Gasteiger partial charge >= 0.3 is 0 Å². The Bertz CT molecular complexity index is 777. The topological polar surface area (TPSA) is 33.3 Å². The van der Waals surface area contributed by atoms with Crippen LogP contribution < -0.4 is 15.6 Å². The average molecular weight is 339 g/mol. The molecule has 122 valence electrons. The fourth-order valence-electron chi connectivity index (χ4n) is 2.29. The van der Waals surface area contributed by atoms with E-state index in [1.807, 2.05) is 72.8 Å². The van der Waals surface area contributed by atoms with Crippen LogP contribution in [0.2, 0.25) is 5.02 Å². The molecule has 3 nitrogen and oxygen atoms in total. The lowest BCUT2D eigenvalue weighted by Gasteiger charge is -2.11. The minimum Gasteiger partial charge on any atom is -0.489 e. The summed E-state index contributed by atoms with van der Waals surface area (Å²) in [4.78, 5) is 0. The van der Waals surface area contributed by atoms with E-state index in [4.69, 9.17) is 16.3 Å². The van der Waals surface area contributed by atoms with Crippen molar-refractivity contribution in [3.8, 4) is 5.75 Å². The third-order valence-corrected chi connectivity index (χ3v) is 3.92. The first kappa shape index (κ1) is 16.4. The van der Waals surface area contributed by atoms with Gasteiger partial charge < -0.3 is 10.2 Å². The number of hydrogen-bond donors (Lipinski definition) is 2. The Kier molecular flexibility index (Phi) is 5.72. The summed E-state index contributed by atoms with van der Waals surface area (Å²) in [6, 6.07) is 25.7. The zero-order valence-corrected chi connectivity index (χ0v) is 14.0. The molecular weight excluding hydrogens is 320 g/mol. The second kappa shape index (κ2) is 8.39. The first-order valence-electron chi connectivity index (χ1n) is 7.80. The van der Waals surface area contributed by atoms with Crippen molar-refractivity contribution in [2.24, 2.45) is 0 Å². The zero-order chi connectivity index (χ0) is 16.6. The SMILES string of the molecule is Clc1ccccc1COc1cccc(CNNc2ccccc2)c1. The van der Waals surface area contributed by atoms with Crippen LogP contribution in [0.5, 0.6) is 5.75 Å². The summed E-state index contributed by atoms with van der Waals surface area (Å²) in [5, 5.41) is 0.724. The zero-order valence-electron chi connectivity index (χ0n) is 13.2. The Morgan fingerprint density at radius 3 is 2.46 bits per heavy atom. The molecule has 0 atom stereocenters. The van der Waals surface area contributed by atoms with Crippen LogP contribution in [0.1, 0.15) is 11.1 Å². The third-order valence-electron chi connectivity index (χ3n) is 3.55. The summed E-state index contributed by atoms with van der Waals surface area (Å²) in [6.07, 6.45) is 0. The Hall–Kier alpha value is -2.49. The van der Waals surface area contributed by atoms with E-state index in [0.717, 1.165) is 27.6 Å². The molecule has 3 rings (SSSR count). The molecule has 0 saturated heterocycles. The third kappa shape index (κ3) is 4.75. The van der Waals surface area contributed by atoms with E-state index in [9.17, 15) is 0 Å². The molecule has 0 unspecified atom stereocenters. The molecule has 0 heterocycles. The van der Waals surface area contributed by atoms with Crippen LogP contribution in [0.25, 0.3) is 0 Å². The standard InChI is InChI=1S/C20H19ClN2O/c21-20-12-5-4-8-17(20)15-24-19-11-6-7-16(13-19)14-22-23-18-9-2-1-3-10-18/h1-13,22-23H,14-15H2. The number of hydrazine groups is 1.